The molecular weight excluding hydrogens is 458 g/mol. The summed E-state index contributed by atoms with van der Waals surface area (Å²) in [6.07, 6.45) is 0.693. The lowest BCUT2D eigenvalue weighted by Gasteiger charge is -2.30. The van der Waals surface area contributed by atoms with Gasteiger partial charge in [-0.1, -0.05) is 23.4 Å². The van der Waals surface area contributed by atoms with Crippen LogP contribution in [-0.2, 0) is 19.6 Å². The molecule has 0 spiro atoms. The number of carbonyl (C=O) groups is 2. The maximum absolute atomic E-state index is 12.8. The van der Waals surface area contributed by atoms with E-state index in [0.29, 0.717) is 35.7 Å². The van der Waals surface area contributed by atoms with Crippen molar-refractivity contribution in [1.29, 1.82) is 0 Å². The molecule has 1 saturated heterocycles. The lowest BCUT2D eigenvalue weighted by molar-refractivity contribution is -0.148. The van der Waals surface area contributed by atoms with E-state index in [4.69, 9.17) is 9.26 Å². The van der Waals surface area contributed by atoms with Crippen LogP contribution in [0.1, 0.15) is 40.3 Å². The summed E-state index contributed by atoms with van der Waals surface area (Å²) < 4.78 is 39.2. The maximum Gasteiger partial charge on any atom is 0.309 e. The SMILES string of the molecule is Cc1cc(-n2c(C)cc(C(=O)COC(=O)C3CCN(S(=O)(=O)c4ccccc4)CC3)c2C)no1. The molecule has 3 aromatic rings. The number of aryl methyl sites for hydroxylation is 2. The average Bonchev–Trinajstić information content (AvgIpc) is 3.39. The molecular formula is C24H27N3O6S. The zero-order valence-corrected chi connectivity index (χ0v) is 20.2. The van der Waals surface area contributed by atoms with Gasteiger partial charge in [-0.05, 0) is 51.8 Å². The van der Waals surface area contributed by atoms with Gasteiger partial charge in [0.15, 0.2) is 12.4 Å². The molecule has 0 atom stereocenters. The molecule has 10 heteroatoms. The molecule has 1 aliphatic rings. The number of piperidine rings is 1. The molecule has 2 aromatic heterocycles. The van der Waals surface area contributed by atoms with Crippen LogP contribution in [0.3, 0.4) is 0 Å². The molecule has 4 rings (SSSR count). The first-order valence-corrected chi connectivity index (χ1v) is 12.5. The normalized spacial score (nSPS) is 15.4. The highest BCUT2D eigenvalue weighted by Crippen LogP contribution is 2.25. The molecule has 0 radical (unpaired) electrons. The van der Waals surface area contributed by atoms with Gasteiger partial charge in [-0.3, -0.25) is 14.2 Å². The van der Waals surface area contributed by atoms with E-state index >= 15 is 0 Å². The number of hydrogen-bond acceptors (Lipinski definition) is 7. The van der Waals surface area contributed by atoms with E-state index in [9.17, 15) is 18.0 Å². The van der Waals surface area contributed by atoms with Crippen molar-refractivity contribution in [2.45, 2.75) is 38.5 Å². The van der Waals surface area contributed by atoms with E-state index in [1.165, 1.54) is 4.31 Å². The summed E-state index contributed by atoms with van der Waals surface area (Å²) in [6, 6.07) is 11.7. The quantitative estimate of drug-likeness (QED) is 0.373. The van der Waals surface area contributed by atoms with Gasteiger partial charge < -0.3 is 9.26 Å². The Labute approximate surface area is 198 Å². The van der Waals surface area contributed by atoms with Crippen molar-refractivity contribution < 1.29 is 27.3 Å². The smallest absolute Gasteiger partial charge is 0.309 e. The molecule has 0 unspecified atom stereocenters. The molecule has 9 nitrogen and oxygen atoms in total. The van der Waals surface area contributed by atoms with Crippen molar-refractivity contribution in [3.63, 3.8) is 0 Å². The van der Waals surface area contributed by atoms with Gasteiger partial charge in [0, 0.05) is 36.1 Å². The molecule has 0 saturated carbocycles. The van der Waals surface area contributed by atoms with Crippen molar-refractivity contribution in [1.82, 2.24) is 14.0 Å². The van der Waals surface area contributed by atoms with E-state index < -0.39 is 21.9 Å². The second-order valence-corrected chi connectivity index (χ2v) is 10.4. The number of sulfonamides is 1. The average molecular weight is 486 g/mol. The van der Waals surface area contributed by atoms with E-state index in [2.05, 4.69) is 5.16 Å². The van der Waals surface area contributed by atoms with Crippen LogP contribution in [0, 0.1) is 26.7 Å². The van der Waals surface area contributed by atoms with E-state index in [1.807, 2.05) is 11.5 Å². The molecule has 0 amide bonds. The summed E-state index contributed by atoms with van der Waals surface area (Å²) in [5, 5.41) is 4.00. The van der Waals surface area contributed by atoms with Crippen LogP contribution in [0.4, 0.5) is 0 Å². The first kappa shape index (κ1) is 23.9. The highest BCUT2D eigenvalue weighted by molar-refractivity contribution is 7.89. The number of ketones is 1. The third kappa shape index (κ3) is 4.69. The summed E-state index contributed by atoms with van der Waals surface area (Å²) in [7, 11) is -3.59. The van der Waals surface area contributed by atoms with Crippen LogP contribution in [0.2, 0.25) is 0 Å². The topological polar surface area (TPSA) is 112 Å². The Morgan fingerprint density at radius 3 is 2.38 bits per heavy atom. The predicted molar refractivity (Wildman–Crippen MR) is 123 cm³/mol. The molecule has 180 valence electrons. The van der Waals surface area contributed by atoms with Gasteiger partial charge in [-0.15, -0.1) is 0 Å². The van der Waals surface area contributed by atoms with E-state index in [0.717, 1.165) is 5.69 Å². The molecule has 0 bridgehead atoms. The molecule has 1 aromatic carbocycles. The Kier molecular flexibility index (Phi) is 6.72. The number of esters is 1. The third-order valence-electron chi connectivity index (χ3n) is 6.09. The minimum atomic E-state index is -3.59. The summed E-state index contributed by atoms with van der Waals surface area (Å²) in [6.45, 7) is 5.53. The number of hydrogen-bond donors (Lipinski definition) is 0. The van der Waals surface area contributed by atoms with Crippen molar-refractivity contribution in [2.75, 3.05) is 19.7 Å². The second kappa shape index (κ2) is 9.55. The lowest BCUT2D eigenvalue weighted by atomic mass is 9.98. The number of aromatic nitrogens is 2. The van der Waals surface area contributed by atoms with Crippen molar-refractivity contribution >= 4 is 21.8 Å². The monoisotopic (exact) mass is 485 g/mol. The van der Waals surface area contributed by atoms with Crippen LogP contribution in [0.25, 0.3) is 5.82 Å². The Balaban J connectivity index is 1.34. The third-order valence-corrected chi connectivity index (χ3v) is 8.00. The molecule has 34 heavy (non-hydrogen) atoms. The van der Waals surface area contributed by atoms with Gasteiger partial charge in [0.1, 0.15) is 5.76 Å². The first-order valence-electron chi connectivity index (χ1n) is 11.1. The summed E-state index contributed by atoms with van der Waals surface area (Å²) in [4.78, 5) is 25.6. The van der Waals surface area contributed by atoms with Crippen molar-refractivity contribution in [3.05, 3.63) is 65.2 Å². The number of ether oxygens (including phenoxy) is 1. The molecule has 3 heterocycles. The second-order valence-electron chi connectivity index (χ2n) is 8.44. The lowest BCUT2D eigenvalue weighted by Crippen LogP contribution is -2.40. The van der Waals surface area contributed by atoms with E-state index in [-0.39, 0.29) is 30.4 Å². The Bertz CT molecular complexity index is 1300. The predicted octanol–water partition coefficient (Wildman–Crippen LogP) is 3.22. The van der Waals surface area contributed by atoms with Crippen molar-refractivity contribution in [2.24, 2.45) is 5.92 Å². The van der Waals surface area contributed by atoms with Crippen LogP contribution in [0.15, 0.2) is 51.9 Å². The van der Waals surface area contributed by atoms with Gasteiger partial charge in [0.2, 0.25) is 15.8 Å². The van der Waals surface area contributed by atoms with Crippen molar-refractivity contribution in [3.8, 4) is 5.82 Å². The zero-order valence-electron chi connectivity index (χ0n) is 19.4. The van der Waals surface area contributed by atoms with Gasteiger partial charge in [-0.25, -0.2) is 8.42 Å². The minimum Gasteiger partial charge on any atom is -0.457 e. The van der Waals surface area contributed by atoms with Crippen LogP contribution in [-0.4, -0.2) is 53.9 Å². The highest BCUT2D eigenvalue weighted by atomic mass is 32.2. The number of Topliss-reactive ketones (excluding diaryl/α,β-unsaturated/α-hetero) is 1. The number of nitrogens with zero attached hydrogens (tertiary/aromatic N) is 3. The zero-order chi connectivity index (χ0) is 24.5. The first-order chi connectivity index (χ1) is 16.2. The molecule has 1 fully saturated rings. The van der Waals surface area contributed by atoms with Gasteiger partial charge in [0.05, 0.1) is 10.8 Å². The van der Waals surface area contributed by atoms with Gasteiger partial charge in [0.25, 0.3) is 0 Å². The fourth-order valence-electron chi connectivity index (χ4n) is 4.26. The number of rotatable bonds is 7. The fourth-order valence-corrected chi connectivity index (χ4v) is 5.75. The molecule has 0 aliphatic carbocycles. The summed E-state index contributed by atoms with van der Waals surface area (Å²) in [5.74, 6) is 0.0105. The maximum atomic E-state index is 12.8. The largest absolute Gasteiger partial charge is 0.457 e. The van der Waals surface area contributed by atoms with Crippen LogP contribution < -0.4 is 0 Å². The standard InChI is InChI=1S/C24H27N3O6S/c1-16-13-21(18(3)27(16)23-14-17(2)33-25-23)22(28)15-32-24(29)19-9-11-26(12-10-19)34(30,31)20-7-5-4-6-8-20/h4-8,13-14,19H,9-12,15H2,1-3H3. The van der Waals surface area contributed by atoms with Crippen LogP contribution >= 0.6 is 0 Å². The minimum absolute atomic E-state index is 0.225. The van der Waals surface area contributed by atoms with E-state index in [1.54, 1.807) is 56.3 Å². The number of carbonyl (C=O) groups excluding carboxylic acids is 2. The summed E-state index contributed by atoms with van der Waals surface area (Å²) >= 11 is 0. The molecule has 1 aliphatic heterocycles. The van der Waals surface area contributed by atoms with Gasteiger partial charge in [-0.2, -0.15) is 4.31 Å². The Hall–Kier alpha value is -3.24. The highest BCUT2D eigenvalue weighted by Gasteiger charge is 2.33. The molecule has 0 N–H and O–H groups in total. The van der Waals surface area contributed by atoms with Crippen LogP contribution in [0.5, 0.6) is 0 Å². The number of benzene rings is 1. The fraction of sp³-hybridized carbons (Fsp3) is 0.375. The summed E-state index contributed by atoms with van der Waals surface area (Å²) in [5.41, 5.74) is 1.95. The Morgan fingerprint density at radius 1 is 1.09 bits per heavy atom. The Morgan fingerprint density at radius 2 is 1.76 bits per heavy atom. The van der Waals surface area contributed by atoms with Gasteiger partial charge >= 0.3 is 5.97 Å².